The average molecular weight is 383 g/mol. The van der Waals surface area contributed by atoms with Crippen LogP contribution in [0.3, 0.4) is 0 Å². The SMILES string of the molecule is O=C(Nc1nc(-c2cccs2)cs1)c1ccc(Br)cc1F. The highest BCUT2D eigenvalue weighted by atomic mass is 79.9. The third-order valence-corrected chi connectivity index (χ3v) is 4.82. The Kier molecular flexibility index (Phi) is 4.14. The van der Waals surface area contributed by atoms with Crippen molar-refractivity contribution in [3.05, 3.63) is 56.9 Å². The predicted molar refractivity (Wildman–Crippen MR) is 87.5 cm³/mol. The lowest BCUT2D eigenvalue weighted by Crippen LogP contribution is -2.13. The number of nitrogens with one attached hydrogen (secondary N) is 1. The van der Waals surface area contributed by atoms with Crippen LogP contribution in [0.25, 0.3) is 10.6 Å². The number of hydrogen-bond donors (Lipinski definition) is 1. The zero-order valence-electron chi connectivity index (χ0n) is 10.5. The minimum absolute atomic E-state index is 0.00827. The maximum absolute atomic E-state index is 13.7. The smallest absolute Gasteiger partial charge is 0.260 e. The van der Waals surface area contributed by atoms with Crippen molar-refractivity contribution < 1.29 is 9.18 Å². The number of aromatic nitrogens is 1. The van der Waals surface area contributed by atoms with Gasteiger partial charge >= 0.3 is 0 Å². The highest BCUT2D eigenvalue weighted by Crippen LogP contribution is 2.28. The summed E-state index contributed by atoms with van der Waals surface area (Å²) in [7, 11) is 0. The second-order valence-electron chi connectivity index (χ2n) is 4.09. The molecule has 0 fully saturated rings. The Morgan fingerprint density at radius 2 is 2.14 bits per heavy atom. The Labute approximate surface area is 136 Å². The molecule has 0 saturated heterocycles. The van der Waals surface area contributed by atoms with E-state index in [1.807, 2.05) is 22.9 Å². The van der Waals surface area contributed by atoms with Crippen molar-refractivity contribution in [2.75, 3.05) is 5.32 Å². The van der Waals surface area contributed by atoms with E-state index in [0.29, 0.717) is 9.60 Å². The number of hydrogen-bond acceptors (Lipinski definition) is 4. The second kappa shape index (κ2) is 6.05. The molecule has 3 rings (SSSR count). The van der Waals surface area contributed by atoms with Crippen molar-refractivity contribution in [3.8, 4) is 10.6 Å². The summed E-state index contributed by atoms with van der Waals surface area (Å²) >= 11 is 6.04. The van der Waals surface area contributed by atoms with Crippen LogP contribution in [0.5, 0.6) is 0 Å². The van der Waals surface area contributed by atoms with Gasteiger partial charge in [0.25, 0.3) is 5.91 Å². The molecule has 7 heteroatoms. The summed E-state index contributed by atoms with van der Waals surface area (Å²) in [5.74, 6) is -1.08. The summed E-state index contributed by atoms with van der Waals surface area (Å²) < 4.78 is 14.3. The molecule has 0 spiro atoms. The van der Waals surface area contributed by atoms with Gasteiger partial charge in [0.15, 0.2) is 5.13 Å². The Hall–Kier alpha value is -1.57. The monoisotopic (exact) mass is 382 g/mol. The van der Waals surface area contributed by atoms with Crippen LogP contribution >= 0.6 is 38.6 Å². The van der Waals surface area contributed by atoms with Crippen LogP contribution in [0.15, 0.2) is 45.6 Å². The number of thiazole rings is 1. The molecule has 2 heterocycles. The van der Waals surface area contributed by atoms with E-state index >= 15 is 0 Å². The van der Waals surface area contributed by atoms with Gasteiger partial charge in [0, 0.05) is 9.85 Å². The van der Waals surface area contributed by atoms with Gasteiger partial charge in [-0.05, 0) is 29.6 Å². The quantitative estimate of drug-likeness (QED) is 0.690. The summed E-state index contributed by atoms with van der Waals surface area (Å²) in [4.78, 5) is 17.4. The van der Waals surface area contributed by atoms with E-state index in [2.05, 4.69) is 26.2 Å². The van der Waals surface area contributed by atoms with E-state index in [1.165, 1.54) is 23.5 Å². The summed E-state index contributed by atoms with van der Waals surface area (Å²) in [6, 6.07) is 8.21. The molecule has 0 radical (unpaired) electrons. The molecule has 0 saturated carbocycles. The lowest BCUT2D eigenvalue weighted by molar-refractivity contribution is 0.102. The first kappa shape index (κ1) is 14.4. The second-order valence-corrected chi connectivity index (χ2v) is 6.81. The molecule has 106 valence electrons. The molecule has 0 aliphatic heterocycles. The fourth-order valence-electron chi connectivity index (χ4n) is 1.71. The Morgan fingerprint density at radius 1 is 1.29 bits per heavy atom. The van der Waals surface area contributed by atoms with Crippen molar-refractivity contribution in [3.63, 3.8) is 0 Å². The number of rotatable bonds is 3. The van der Waals surface area contributed by atoms with Gasteiger partial charge in [0.05, 0.1) is 16.1 Å². The van der Waals surface area contributed by atoms with E-state index in [-0.39, 0.29) is 5.56 Å². The summed E-state index contributed by atoms with van der Waals surface area (Å²) in [5.41, 5.74) is 0.799. The van der Waals surface area contributed by atoms with Crippen LogP contribution in [0.4, 0.5) is 9.52 Å². The van der Waals surface area contributed by atoms with Gasteiger partial charge in [-0.2, -0.15) is 0 Å². The van der Waals surface area contributed by atoms with Crippen molar-refractivity contribution in [1.29, 1.82) is 0 Å². The number of carbonyl (C=O) groups excluding carboxylic acids is 1. The molecular weight excluding hydrogens is 375 g/mol. The summed E-state index contributed by atoms with van der Waals surface area (Å²) in [6.07, 6.45) is 0. The third-order valence-electron chi connectivity index (χ3n) is 2.67. The Balaban J connectivity index is 1.79. The number of anilines is 1. The highest BCUT2D eigenvalue weighted by molar-refractivity contribution is 9.10. The van der Waals surface area contributed by atoms with Gasteiger partial charge in [-0.3, -0.25) is 10.1 Å². The normalized spacial score (nSPS) is 10.6. The van der Waals surface area contributed by atoms with E-state index in [0.717, 1.165) is 10.6 Å². The van der Waals surface area contributed by atoms with Gasteiger partial charge in [-0.15, -0.1) is 22.7 Å². The van der Waals surface area contributed by atoms with Gasteiger partial charge < -0.3 is 0 Å². The van der Waals surface area contributed by atoms with Gasteiger partial charge in [-0.25, -0.2) is 9.37 Å². The van der Waals surface area contributed by atoms with Crippen molar-refractivity contribution in [1.82, 2.24) is 4.98 Å². The first-order valence-electron chi connectivity index (χ1n) is 5.89. The van der Waals surface area contributed by atoms with Crippen LogP contribution in [0, 0.1) is 5.82 Å². The number of benzene rings is 1. The molecule has 0 atom stereocenters. The van der Waals surface area contributed by atoms with E-state index in [9.17, 15) is 9.18 Å². The lowest BCUT2D eigenvalue weighted by Gasteiger charge is -2.03. The zero-order valence-corrected chi connectivity index (χ0v) is 13.7. The number of thiophene rings is 1. The number of carbonyl (C=O) groups is 1. The van der Waals surface area contributed by atoms with Gasteiger partial charge in [-0.1, -0.05) is 22.0 Å². The van der Waals surface area contributed by atoms with Crippen molar-refractivity contribution in [2.24, 2.45) is 0 Å². The fraction of sp³-hybridized carbons (Fsp3) is 0. The number of halogens is 2. The molecule has 0 aliphatic rings. The van der Waals surface area contributed by atoms with E-state index < -0.39 is 11.7 Å². The maximum atomic E-state index is 13.7. The Bertz CT molecular complexity index is 786. The zero-order chi connectivity index (χ0) is 14.8. The molecule has 0 unspecified atom stereocenters. The van der Waals surface area contributed by atoms with E-state index in [1.54, 1.807) is 17.4 Å². The van der Waals surface area contributed by atoms with Crippen LogP contribution in [0.1, 0.15) is 10.4 Å². The fourth-order valence-corrected chi connectivity index (χ4v) is 3.51. The third kappa shape index (κ3) is 3.20. The molecule has 2 aromatic heterocycles. The molecule has 3 aromatic rings. The van der Waals surface area contributed by atoms with Crippen molar-refractivity contribution >= 4 is 49.6 Å². The van der Waals surface area contributed by atoms with Crippen LogP contribution in [0.2, 0.25) is 0 Å². The molecular formula is C14H8BrFN2OS2. The van der Waals surface area contributed by atoms with Gasteiger partial charge in [0.1, 0.15) is 5.82 Å². The maximum Gasteiger partial charge on any atom is 0.260 e. The molecule has 0 bridgehead atoms. The van der Waals surface area contributed by atoms with Crippen LogP contribution < -0.4 is 5.32 Å². The van der Waals surface area contributed by atoms with E-state index in [4.69, 9.17) is 0 Å². The minimum Gasteiger partial charge on any atom is -0.298 e. The topological polar surface area (TPSA) is 42.0 Å². The number of amides is 1. The first-order valence-corrected chi connectivity index (χ1v) is 8.44. The largest absolute Gasteiger partial charge is 0.298 e. The van der Waals surface area contributed by atoms with Crippen LogP contribution in [-0.4, -0.2) is 10.9 Å². The molecule has 1 aromatic carbocycles. The lowest BCUT2D eigenvalue weighted by atomic mass is 10.2. The summed E-state index contributed by atoms with van der Waals surface area (Å²) in [5, 5.41) is 6.89. The molecule has 0 aliphatic carbocycles. The predicted octanol–water partition coefficient (Wildman–Crippen LogP) is 5.03. The molecule has 1 N–H and O–H groups in total. The minimum atomic E-state index is -0.572. The molecule has 1 amide bonds. The standard InChI is InChI=1S/C14H8BrFN2OS2/c15-8-3-4-9(10(16)6-8)13(19)18-14-17-11(7-21-14)12-2-1-5-20-12/h1-7H,(H,17,18,19). The molecule has 21 heavy (non-hydrogen) atoms. The highest BCUT2D eigenvalue weighted by Gasteiger charge is 2.14. The van der Waals surface area contributed by atoms with Gasteiger partial charge in [0.2, 0.25) is 0 Å². The molecule has 3 nitrogen and oxygen atoms in total. The number of nitrogens with zero attached hydrogens (tertiary/aromatic N) is 1. The first-order chi connectivity index (χ1) is 10.1. The average Bonchev–Trinajstić information content (AvgIpc) is 3.08. The van der Waals surface area contributed by atoms with Crippen molar-refractivity contribution in [2.45, 2.75) is 0 Å². The Morgan fingerprint density at radius 3 is 2.86 bits per heavy atom. The summed E-state index contributed by atoms with van der Waals surface area (Å²) in [6.45, 7) is 0. The van der Waals surface area contributed by atoms with Crippen LogP contribution in [-0.2, 0) is 0 Å².